The van der Waals surface area contributed by atoms with E-state index in [0.717, 1.165) is 22.5 Å². The van der Waals surface area contributed by atoms with E-state index >= 15 is 0 Å². The number of aromatic nitrogens is 2. The fourth-order valence-corrected chi connectivity index (χ4v) is 2.79. The first-order chi connectivity index (χ1) is 11.5. The zero-order valence-corrected chi connectivity index (χ0v) is 14.2. The van der Waals surface area contributed by atoms with Crippen molar-refractivity contribution in [1.29, 1.82) is 0 Å². The molecule has 2 heterocycles. The summed E-state index contributed by atoms with van der Waals surface area (Å²) in [4.78, 5) is 6.90. The van der Waals surface area contributed by atoms with Gasteiger partial charge in [-0.05, 0) is 19.4 Å². The third-order valence-electron chi connectivity index (χ3n) is 3.82. The maximum Gasteiger partial charge on any atom is 0.197 e. The predicted octanol–water partition coefficient (Wildman–Crippen LogP) is 2.21. The number of hydrogen-bond donors (Lipinski definition) is 2. The van der Waals surface area contributed by atoms with Crippen LogP contribution in [0.15, 0.2) is 59.5 Å². The SMILES string of the molecule is CC1=CN(CC(C)O)C(Nc2cnn(C)c2)N=C1c1ccccc1. The molecule has 3 rings (SSSR count). The monoisotopic (exact) mass is 325 g/mol. The third kappa shape index (κ3) is 3.65. The molecule has 0 saturated carbocycles. The molecule has 6 heteroatoms. The minimum atomic E-state index is -0.444. The molecule has 0 aliphatic carbocycles. The highest BCUT2D eigenvalue weighted by Crippen LogP contribution is 2.21. The van der Waals surface area contributed by atoms with Gasteiger partial charge < -0.3 is 15.3 Å². The second-order valence-electron chi connectivity index (χ2n) is 6.12. The summed E-state index contributed by atoms with van der Waals surface area (Å²) < 4.78 is 1.74. The maximum absolute atomic E-state index is 9.80. The lowest BCUT2D eigenvalue weighted by molar-refractivity contribution is 0.136. The zero-order chi connectivity index (χ0) is 17.1. The number of rotatable bonds is 5. The number of allylic oxidation sites excluding steroid dienone is 1. The largest absolute Gasteiger partial charge is 0.392 e. The van der Waals surface area contributed by atoms with Crippen molar-refractivity contribution in [3.05, 3.63) is 60.1 Å². The Labute approximate surface area is 142 Å². The van der Waals surface area contributed by atoms with Crippen LogP contribution < -0.4 is 5.32 Å². The molecule has 0 amide bonds. The molecular formula is C18H23N5O. The fourth-order valence-electron chi connectivity index (χ4n) is 2.79. The fraction of sp³-hybridized carbons (Fsp3) is 0.333. The maximum atomic E-state index is 9.80. The Morgan fingerprint density at radius 2 is 2.04 bits per heavy atom. The molecule has 2 N–H and O–H groups in total. The Morgan fingerprint density at radius 1 is 1.29 bits per heavy atom. The number of nitrogens with zero attached hydrogens (tertiary/aromatic N) is 4. The Bertz CT molecular complexity index is 748. The summed E-state index contributed by atoms with van der Waals surface area (Å²) >= 11 is 0. The predicted molar refractivity (Wildman–Crippen MR) is 95.7 cm³/mol. The quantitative estimate of drug-likeness (QED) is 0.884. The second kappa shape index (κ2) is 6.88. The van der Waals surface area contributed by atoms with E-state index in [-0.39, 0.29) is 6.29 Å². The molecule has 1 aliphatic rings. The number of aryl methyl sites for hydroxylation is 1. The van der Waals surface area contributed by atoms with Crippen molar-refractivity contribution >= 4 is 11.4 Å². The van der Waals surface area contributed by atoms with Crippen LogP contribution in [0.4, 0.5) is 5.69 Å². The minimum absolute atomic E-state index is 0.289. The molecule has 0 fully saturated rings. The van der Waals surface area contributed by atoms with Crippen LogP contribution in [0.3, 0.4) is 0 Å². The van der Waals surface area contributed by atoms with Crippen LogP contribution in [0, 0.1) is 0 Å². The van der Waals surface area contributed by atoms with Gasteiger partial charge in [0, 0.05) is 31.6 Å². The Morgan fingerprint density at radius 3 is 2.67 bits per heavy atom. The van der Waals surface area contributed by atoms with Crippen LogP contribution >= 0.6 is 0 Å². The first-order valence-corrected chi connectivity index (χ1v) is 8.04. The summed E-state index contributed by atoms with van der Waals surface area (Å²) in [6, 6.07) is 10.1. The summed E-state index contributed by atoms with van der Waals surface area (Å²) in [7, 11) is 1.88. The average molecular weight is 325 g/mol. The first kappa shape index (κ1) is 16.3. The molecule has 1 aromatic heterocycles. The summed E-state index contributed by atoms with van der Waals surface area (Å²) in [6.07, 6.45) is 4.99. The topological polar surface area (TPSA) is 65.7 Å². The highest BCUT2D eigenvalue weighted by atomic mass is 16.3. The second-order valence-corrected chi connectivity index (χ2v) is 6.12. The summed E-state index contributed by atoms with van der Waals surface area (Å²) in [5.74, 6) is 0. The lowest BCUT2D eigenvalue weighted by Gasteiger charge is -2.34. The van der Waals surface area contributed by atoms with Crippen LogP contribution in [0.2, 0.25) is 0 Å². The Balaban J connectivity index is 1.91. The van der Waals surface area contributed by atoms with Gasteiger partial charge in [-0.25, -0.2) is 4.99 Å². The lowest BCUT2D eigenvalue weighted by Crippen LogP contribution is -2.43. The molecule has 1 aliphatic heterocycles. The van der Waals surface area contributed by atoms with Crippen molar-refractivity contribution in [2.45, 2.75) is 26.2 Å². The Hall–Kier alpha value is -2.60. The van der Waals surface area contributed by atoms with E-state index in [9.17, 15) is 5.11 Å². The van der Waals surface area contributed by atoms with Gasteiger partial charge in [-0.3, -0.25) is 4.68 Å². The molecule has 6 nitrogen and oxygen atoms in total. The van der Waals surface area contributed by atoms with E-state index in [1.807, 2.05) is 43.3 Å². The molecule has 24 heavy (non-hydrogen) atoms. The molecule has 2 aromatic rings. The number of β-amino-alcohol motifs (C(OH)–C–C–N with tert-alkyl or cyclic N) is 1. The van der Waals surface area contributed by atoms with E-state index < -0.39 is 6.10 Å². The van der Waals surface area contributed by atoms with E-state index in [0.29, 0.717) is 6.54 Å². The van der Waals surface area contributed by atoms with Crippen LogP contribution in [-0.2, 0) is 7.05 Å². The van der Waals surface area contributed by atoms with Gasteiger partial charge in [0.15, 0.2) is 6.29 Å². The van der Waals surface area contributed by atoms with Gasteiger partial charge >= 0.3 is 0 Å². The molecule has 126 valence electrons. The Kier molecular flexibility index (Phi) is 4.66. The number of aliphatic hydroxyl groups is 1. The summed E-state index contributed by atoms with van der Waals surface area (Å²) in [5, 5.41) is 17.4. The zero-order valence-electron chi connectivity index (χ0n) is 14.2. The first-order valence-electron chi connectivity index (χ1n) is 8.04. The van der Waals surface area contributed by atoms with Crippen molar-refractivity contribution in [1.82, 2.24) is 14.7 Å². The van der Waals surface area contributed by atoms with E-state index in [1.54, 1.807) is 17.8 Å². The molecule has 0 spiro atoms. The van der Waals surface area contributed by atoms with E-state index in [1.165, 1.54) is 0 Å². The van der Waals surface area contributed by atoms with Crippen molar-refractivity contribution in [3.8, 4) is 0 Å². The van der Waals surface area contributed by atoms with Gasteiger partial charge in [0.05, 0.1) is 23.7 Å². The number of benzene rings is 1. The number of nitrogens with one attached hydrogen (secondary N) is 1. The molecule has 0 saturated heterocycles. The molecule has 2 atom stereocenters. The van der Waals surface area contributed by atoms with Crippen molar-refractivity contribution < 1.29 is 5.11 Å². The molecular weight excluding hydrogens is 302 g/mol. The van der Waals surface area contributed by atoms with Gasteiger partial charge in [0.1, 0.15) is 0 Å². The highest BCUT2D eigenvalue weighted by molar-refractivity contribution is 6.12. The van der Waals surface area contributed by atoms with Crippen LogP contribution in [0.1, 0.15) is 19.4 Å². The number of aliphatic imine (C=N–C) groups is 1. The number of hydrogen-bond acceptors (Lipinski definition) is 5. The number of aliphatic hydroxyl groups excluding tert-OH is 1. The lowest BCUT2D eigenvalue weighted by atomic mass is 10.0. The van der Waals surface area contributed by atoms with E-state index in [2.05, 4.69) is 28.7 Å². The molecule has 0 radical (unpaired) electrons. The van der Waals surface area contributed by atoms with Crippen molar-refractivity contribution in [3.63, 3.8) is 0 Å². The summed E-state index contributed by atoms with van der Waals surface area (Å²) in [6.45, 7) is 4.32. The van der Waals surface area contributed by atoms with Gasteiger partial charge in [0.25, 0.3) is 0 Å². The van der Waals surface area contributed by atoms with Gasteiger partial charge in [0.2, 0.25) is 0 Å². The summed E-state index contributed by atoms with van der Waals surface area (Å²) in [5.41, 5.74) is 4.01. The van der Waals surface area contributed by atoms with E-state index in [4.69, 9.17) is 4.99 Å². The smallest absolute Gasteiger partial charge is 0.197 e. The number of anilines is 1. The van der Waals surface area contributed by atoms with Crippen molar-refractivity contribution in [2.75, 3.05) is 11.9 Å². The normalized spacial score (nSPS) is 18.8. The van der Waals surface area contributed by atoms with Crippen LogP contribution in [0.25, 0.3) is 0 Å². The van der Waals surface area contributed by atoms with Crippen LogP contribution in [0.5, 0.6) is 0 Å². The third-order valence-corrected chi connectivity index (χ3v) is 3.82. The molecule has 0 bridgehead atoms. The average Bonchev–Trinajstić information content (AvgIpc) is 2.95. The van der Waals surface area contributed by atoms with Gasteiger partial charge in [-0.15, -0.1) is 0 Å². The van der Waals surface area contributed by atoms with Crippen LogP contribution in [-0.4, -0.2) is 44.4 Å². The minimum Gasteiger partial charge on any atom is -0.392 e. The molecule has 1 aromatic carbocycles. The molecule has 2 unspecified atom stereocenters. The van der Waals surface area contributed by atoms with Gasteiger partial charge in [-0.2, -0.15) is 5.10 Å². The standard InChI is InChI=1S/C18H23N5O/c1-13-10-23(11-14(2)24)18(20-16-9-19-22(3)12-16)21-17(13)15-7-5-4-6-8-15/h4-10,12,14,18,20,24H,11H2,1-3H3. The van der Waals surface area contributed by atoms with Gasteiger partial charge in [-0.1, -0.05) is 30.3 Å². The van der Waals surface area contributed by atoms with Crippen molar-refractivity contribution in [2.24, 2.45) is 12.0 Å². The highest BCUT2D eigenvalue weighted by Gasteiger charge is 2.23.